The van der Waals surface area contributed by atoms with Gasteiger partial charge in [0, 0.05) is 35.4 Å². The van der Waals surface area contributed by atoms with Crippen LogP contribution in [0.3, 0.4) is 0 Å². The van der Waals surface area contributed by atoms with Crippen LogP contribution in [0.4, 0.5) is 0 Å². The molecular weight excluding hydrogens is 356 g/mol. The molecule has 0 saturated heterocycles. The van der Waals surface area contributed by atoms with Crippen molar-refractivity contribution in [3.05, 3.63) is 85.9 Å². The van der Waals surface area contributed by atoms with Crippen molar-refractivity contribution in [2.45, 2.75) is 33.9 Å². The molecule has 3 aromatic rings. The second-order valence-electron chi connectivity index (χ2n) is 6.49. The fourth-order valence-electron chi connectivity index (χ4n) is 3.34. The number of nitriles is 1. The highest BCUT2D eigenvalue weighted by molar-refractivity contribution is 5.97. The minimum absolute atomic E-state index is 0.163. The molecule has 1 aromatic carbocycles. The second-order valence-corrected chi connectivity index (χ2v) is 6.49. The van der Waals surface area contributed by atoms with Crippen LogP contribution < -0.4 is 11.2 Å². The quantitative estimate of drug-likeness (QED) is 0.639. The van der Waals surface area contributed by atoms with Crippen molar-refractivity contribution in [1.82, 2.24) is 13.7 Å². The Kier molecular flexibility index (Phi) is 5.14. The van der Waals surface area contributed by atoms with Crippen molar-refractivity contribution in [3.63, 3.8) is 0 Å². The first-order valence-corrected chi connectivity index (χ1v) is 8.91. The van der Waals surface area contributed by atoms with Gasteiger partial charge >= 0.3 is 5.69 Å². The van der Waals surface area contributed by atoms with Gasteiger partial charge in [0.1, 0.15) is 11.6 Å². The highest BCUT2D eigenvalue weighted by Gasteiger charge is 2.20. The molecule has 2 aromatic heterocycles. The summed E-state index contributed by atoms with van der Waals surface area (Å²) in [6.45, 7) is 5.33. The molecule has 0 saturated carbocycles. The van der Waals surface area contributed by atoms with E-state index in [0.29, 0.717) is 12.1 Å². The van der Waals surface area contributed by atoms with Gasteiger partial charge in [0.05, 0.1) is 6.54 Å². The van der Waals surface area contributed by atoms with Crippen molar-refractivity contribution in [2.24, 2.45) is 0 Å². The third-order valence-corrected chi connectivity index (χ3v) is 4.75. The van der Waals surface area contributed by atoms with Gasteiger partial charge in [0.25, 0.3) is 5.56 Å². The third-order valence-electron chi connectivity index (χ3n) is 4.75. The van der Waals surface area contributed by atoms with E-state index < -0.39 is 17.8 Å². The smallest absolute Gasteiger partial charge is 0.318 e. The average Bonchev–Trinajstić information content (AvgIpc) is 3.00. The topological polar surface area (TPSA) is 89.8 Å². The minimum Gasteiger partial charge on any atom is -0.318 e. The SMILES string of the molecule is CCn1cc(C#N)c(=O)n(CC(=O)c2cc(C)n(-c3ccccc3)c2C)c1=O. The predicted molar refractivity (Wildman–Crippen MR) is 105 cm³/mol. The van der Waals surface area contributed by atoms with Gasteiger partial charge in [-0.2, -0.15) is 5.26 Å². The lowest BCUT2D eigenvalue weighted by Gasteiger charge is -2.10. The Bertz CT molecular complexity index is 1210. The zero-order valence-corrected chi connectivity index (χ0v) is 16.0. The van der Waals surface area contributed by atoms with Crippen LogP contribution in [0.1, 0.15) is 34.2 Å². The number of benzene rings is 1. The third kappa shape index (κ3) is 3.21. The lowest BCUT2D eigenvalue weighted by molar-refractivity contribution is 0.0968. The summed E-state index contributed by atoms with van der Waals surface area (Å²) in [6.07, 6.45) is 1.23. The maximum atomic E-state index is 12.9. The molecule has 142 valence electrons. The summed E-state index contributed by atoms with van der Waals surface area (Å²) >= 11 is 0. The molecule has 0 aliphatic heterocycles. The number of Topliss-reactive ketones (excluding diaryl/α,β-unsaturated/α-hetero) is 1. The Morgan fingerprint density at radius 2 is 1.82 bits per heavy atom. The summed E-state index contributed by atoms with van der Waals surface area (Å²) in [6, 6.07) is 13.2. The van der Waals surface area contributed by atoms with Crippen LogP contribution in [0.25, 0.3) is 5.69 Å². The highest BCUT2D eigenvalue weighted by atomic mass is 16.2. The van der Waals surface area contributed by atoms with E-state index in [1.165, 1.54) is 10.8 Å². The number of carbonyl (C=O) groups excluding carboxylic acids is 1. The Balaban J connectivity index is 2.06. The number of aryl methyl sites for hydroxylation is 2. The van der Waals surface area contributed by atoms with Gasteiger partial charge in [-0.15, -0.1) is 0 Å². The van der Waals surface area contributed by atoms with Gasteiger partial charge in [-0.3, -0.25) is 18.7 Å². The van der Waals surface area contributed by atoms with Crippen molar-refractivity contribution in [3.8, 4) is 11.8 Å². The Hall–Kier alpha value is -3.66. The maximum Gasteiger partial charge on any atom is 0.331 e. The molecule has 0 aliphatic rings. The van der Waals surface area contributed by atoms with Crippen molar-refractivity contribution < 1.29 is 4.79 Å². The average molecular weight is 376 g/mol. The molecule has 0 fully saturated rings. The summed E-state index contributed by atoms with van der Waals surface area (Å²) in [5.41, 5.74) is 1.46. The first-order chi connectivity index (χ1) is 13.4. The van der Waals surface area contributed by atoms with Crippen molar-refractivity contribution in [2.75, 3.05) is 0 Å². The fraction of sp³-hybridized carbons (Fsp3) is 0.238. The Labute approximate surface area is 161 Å². The standard InChI is InChI=1S/C21H20N4O3/c1-4-23-12-16(11-22)20(27)24(21(23)28)13-19(26)18-10-14(2)25(15(18)3)17-8-6-5-7-9-17/h5-10,12H,4,13H2,1-3H3. The number of ketones is 1. The van der Waals surface area contributed by atoms with E-state index in [0.717, 1.165) is 21.6 Å². The Morgan fingerprint density at radius 3 is 2.43 bits per heavy atom. The van der Waals surface area contributed by atoms with Gasteiger partial charge in [-0.05, 0) is 39.0 Å². The summed E-state index contributed by atoms with van der Waals surface area (Å²) in [5, 5.41) is 9.15. The highest BCUT2D eigenvalue weighted by Crippen LogP contribution is 2.21. The first kappa shape index (κ1) is 19.1. The molecule has 0 amide bonds. The number of nitrogens with zero attached hydrogens (tertiary/aromatic N) is 4. The van der Waals surface area contributed by atoms with Crippen LogP contribution in [-0.2, 0) is 13.1 Å². The molecule has 3 rings (SSSR count). The normalized spacial score (nSPS) is 10.6. The second kappa shape index (κ2) is 7.53. The number of carbonyl (C=O) groups is 1. The van der Waals surface area contributed by atoms with E-state index in [4.69, 9.17) is 5.26 Å². The first-order valence-electron chi connectivity index (χ1n) is 8.91. The molecule has 0 unspecified atom stereocenters. The molecule has 7 nitrogen and oxygen atoms in total. The fourth-order valence-corrected chi connectivity index (χ4v) is 3.34. The van der Waals surface area contributed by atoms with Gasteiger partial charge in [-0.25, -0.2) is 4.79 Å². The van der Waals surface area contributed by atoms with Crippen LogP contribution in [0, 0.1) is 25.2 Å². The summed E-state index contributed by atoms with van der Waals surface area (Å²) in [4.78, 5) is 37.8. The Morgan fingerprint density at radius 1 is 1.14 bits per heavy atom. The van der Waals surface area contributed by atoms with Gasteiger partial charge < -0.3 is 4.57 Å². The molecule has 28 heavy (non-hydrogen) atoms. The van der Waals surface area contributed by atoms with Gasteiger partial charge in [-0.1, -0.05) is 18.2 Å². The lowest BCUT2D eigenvalue weighted by atomic mass is 10.1. The molecule has 0 radical (unpaired) electrons. The van der Waals surface area contributed by atoms with E-state index in [1.54, 1.807) is 19.1 Å². The van der Waals surface area contributed by atoms with E-state index in [9.17, 15) is 14.4 Å². The molecule has 0 aliphatic carbocycles. The van der Waals surface area contributed by atoms with Crippen molar-refractivity contribution >= 4 is 5.78 Å². The molecule has 0 spiro atoms. The van der Waals surface area contributed by atoms with Crippen LogP contribution in [0.2, 0.25) is 0 Å². The number of hydrogen-bond acceptors (Lipinski definition) is 4. The summed E-state index contributed by atoms with van der Waals surface area (Å²) in [5.74, 6) is -0.354. The largest absolute Gasteiger partial charge is 0.331 e. The van der Waals surface area contributed by atoms with E-state index in [1.807, 2.05) is 48.7 Å². The molecule has 0 bridgehead atoms. The van der Waals surface area contributed by atoms with E-state index in [-0.39, 0.29) is 11.3 Å². The summed E-state index contributed by atoms with van der Waals surface area (Å²) in [7, 11) is 0. The maximum absolute atomic E-state index is 12.9. The molecular formula is C21H20N4O3. The van der Waals surface area contributed by atoms with E-state index in [2.05, 4.69) is 0 Å². The van der Waals surface area contributed by atoms with Crippen LogP contribution in [-0.4, -0.2) is 19.5 Å². The van der Waals surface area contributed by atoms with Crippen molar-refractivity contribution in [1.29, 1.82) is 5.26 Å². The molecule has 0 N–H and O–H groups in total. The van der Waals surface area contributed by atoms with Gasteiger partial charge in [0.15, 0.2) is 5.78 Å². The zero-order chi connectivity index (χ0) is 20.4. The number of hydrogen-bond donors (Lipinski definition) is 0. The van der Waals surface area contributed by atoms with Crippen LogP contribution >= 0.6 is 0 Å². The monoisotopic (exact) mass is 376 g/mol. The minimum atomic E-state index is -0.748. The lowest BCUT2D eigenvalue weighted by Crippen LogP contribution is -2.42. The molecule has 2 heterocycles. The summed E-state index contributed by atoms with van der Waals surface area (Å²) < 4.78 is 4.03. The molecule has 7 heteroatoms. The van der Waals surface area contributed by atoms with Crippen LogP contribution in [0.15, 0.2) is 52.2 Å². The van der Waals surface area contributed by atoms with E-state index >= 15 is 0 Å². The molecule has 0 atom stereocenters. The van der Waals surface area contributed by atoms with Gasteiger partial charge in [0.2, 0.25) is 0 Å². The number of aromatic nitrogens is 3. The predicted octanol–water partition coefficient (Wildman–Crippen LogP) is 2.19. The number of rotatable bonds is 5. The zero-order valence-electron chi connectivity index (χ0n) is 16.0. The number of para-hydroxylation sites is 1. The van der Waals surface area contributed by atoms with Crippen LogP contribution in [0.5, 0.6) is 0 Å².